The maximum Gasteiger partial charge on any atom is 0.268 e. The first-order chi connectivity index (χ1) is 8.20. The van der Waals surface area contributed by atoms with Crippen molar-refractivity contribution in [1.29, 1.82) is 0 Å². The SMILES string of the molecule is CC#Cc1cnc(N2CCC[C@@H](N)C2)[nH]c1=O. The standard InChI is InChI=1S/C12H16N4O/c1-2-4-9-7-14-12(15-11(9)17)16-6-3-5-10(13)8-16/h7,10H,3,5-6,8,13H2,1H3,(H,14,15,17)/t10-/m1/s1. The molecule has 1 fully saturated rings. The van der Waals surface area contributed by atoms with Crippen LogP contribution in [0.4, 0.5) is 5.95 Å². The Morgan fingerprint density at radius 1 is 1.65 bits per heavy atom. The summed E-state index contributed by atoms with van der Waals surface area (Å²) in [7, 11) is 0. The molecule has 1 aromatic rings. The van der Waals surface area contributed by atoms with E-state index in [4.69, 9.17) is 5.73 Å². The van der Waals surface area contributed by atoms with Gasteiger partial charge < -0.3 is 10.6 Å². The van der Waals surface area contributed by atoms with E-state index in [0.29, 0.717) is 11.5 Å². The van der Waals surface area contributed by atoms with Crippen molar-refractivity contribution in [3.63, 3.8) is 0 Å². The Balaban J connectivity index is 2.24. The number of piperidine rings is 1. The molecular formula is C12H16N4O. The third-order valence-corrected chi connectivity index (χ3v) is 2.80. The maximum absolute atomic E-state index is 11.7. The molecule has 1 aliphatic heterocycles. The van der Waals surface area contributed by atoms with Gasteiger partial charge in [0.1, 0.15) is 5.56 Å². The van der Waals surface area contributed by atoms with Crippen LogP contribution in [0, 0.1) is 11.8 Å². The van der Waals surface area contributed by atoms with Crippen molar-refractivity contribution in [3.05, 3.63) is 22.1 Å². The molecule has 5 nitrogen and oxygen atoms in total. The summed E-state index contributed by atoms with van der Waals surface area (Å²) in [6.07, 6.45) is 3.58. The maximum atomic E-state index is 11.7. The van der Waals surface area contributed by atoms with Gasteiger partial charge >= 0.3 is 0 Å². The molecule has 17 heavy (non-hydrogen) atoms. The minimum absolute atomic E-state index is 0.157. The van der Waals surface area contributed by atoms with Crippen LogP contribution >= 0.6 is 0 Å². The Hall–Kier alpha value is -1.80. The Morgan fingerprint density at radius 2 is 2.47 bits per heavy atom. The monoisotopic (exact) mass is 232 g/mol. The number of anilines is 1. The first-order valence-electron chi connectivity index (χ1n) is 5.73. The molecule has 1 atom stereocenters. The van der Waals surface area contributed by atoms with Crippen LogP contribution in [0.25, 0.3) is 0 Å². The third kappa shape index (κ3) is 2.66. The summed E-state index contributed by atoms with van der Waals surface area (Å²) in [5.74, 6) is 5.99. The van der Waals surface area contributed by atoms with E-state index in [9.17, 15) is 4.79 Å². The lowest BCUT2D eigenvalue weighted by Crippen LogP contribution is -2.44. The number of rotatable bonds is 1. The van der Waals surface area contributed by atoms with Crippen molar-refractivity contribution in [3.8, 4) is 11.8 Å². The number of aromatic nitrogens is 2. The quantitative estimate of drug-likeness (QED) is 0.672. The zero-order valence-electron chi connectivity index (χ0n) is 9.86. The normalized spacial score (nSPS) is 19.6. The highest BCUT2D eigenvalue weighted by Gasteiger charge is 2.18. The van der Waals surface area contributed by atoms with E-state index in [2.05, 4.69) is 21.8 Å². The smallest absolute Gasteiger partial charge is 0.268 e. The molecule has 2 heterocycles. The molecule has 1 saturated heterocycles. The van der Waals surface area contributed by atoms with E-state index in [1.807, 2.05) is 4.90 Å². The Labute approximate surface area is 100 Å². The Morgan fingerprint density at radius 3 is 3.12 bits per heavy atom. The fourth-order valence-corrected chi connectivity index (χ4v) is 1.97. The van der Waals surface area contributed by atoms with Crippen LogP contribution in [0.3, 0.4) is 0 Å². The van der Waals surface area contributed by atoms with Crippen molar-refractivity contribution in [2.75, 3.05) is 18.0 Å². The fraction of sp³-hybridized carbons (Fsp3) is 0.500. The molecule has 0 bridgehead atoms. The second-order valence-electron chi connectivity index (χ2n) is 4.17. The van der Waals surface area contributed by atoms with Crippen molar-refractivity contribution in [2.45, 2.75) is 25.8 Å². The molecule has 90 valence electrons. The van der Waals surface area contributed by atoms with Gasteiger partial charge in [-0.3, -0.25) is 9.78 Å². The number of aromatic amines is 1. The molecule has 0 spiro atoms. The molecule has 2 rings (SSSR count). The fourth-order valence-electron chi connectivity index (χ4n) is 1.97. The zero-order valence-corrected chi connectivity index (χ0v) is 9.86. The van der Waals surface area contributed by atoms with Gasteiger partial charge in [0.25, 0.3) is 5.56 Å². The van der Waals surface area contributed by atoms with Crippen LogP contribution in [-0.2, 0) is 0 Å². The van der Waals surface area contributed by atoms with E-state index in [1.165, 1.54) is 6.20 Å². The number of nitrogens with one attached hydrogen (secondary N) is 1. The highest BCUT2D eigenvalue weighted by atomic mass is 16.1. The average Bonchev–Trinajstić information content (AvgIpc) is 2.32. The van der Waals surface area contributed by atoms with E-state index in [1.54, 1.807) is 6.92 Å². The molecule has 1 aliphatic rings. The molecular weight excluding hydrogens is 216 g/mol. The van der Waals surface area contributed by atoms with Gasteiger partial charge in [0.2, 0.25) is 5.95 Å². The summed E-state index contributed by atoms with van der Waals surface area (Å²) in [6.45, 7) is 3.31. The second kappa shape index (κ2) is 5.02. The van der Waals surface area contributed by atoms with Crippen LogP contribution in [0.5, 0.6) is 0 Å². The predicted octanol–water partition coefficient (Wildman–Crippen LogP) is 0.0688. The summed E-state index contributed by atoms with van der Waals surface area (Å²) >= 11 is 0. The van der Waals surface area contributed by atoms with Crippen LogP contribution in [0.2, 0.25) is 0 Å². The lowest BCUT2D eigenvalue weighted by molar-refractivity contribution is 0.499. The molecule has 1 aromatic heterocycles. The molecule has 0 aliphatic carbocycles. The molecule has 0 saturated carbocycles. The highest BCUT2D eigenvalue weighted by molar-refractivity contribution is 5.36. The molecule has 3 N–H and O–H groups in total. The van der Waals surface area contributed by atoms with E-state index in [-0.39, 0.29) is 11.6 Å². The lowest BCUT2D eigenvalue weighted by Gasteiger charge is -2.30. The van der Waals surface area contributed by atoms with Gasteiger partial charge in [-0.1, -0.05) is 5.92 Å². The first kappa shape index (κ1) is 11.7. The van der Waals surface area contributed by atoms with Crippen molar-refractivity contribution >= 4 is 5.95 Å². The number of nitrogens with zero attached hydrogens (tertiary/aromatic N) is 2. The highest BCUT2D eigenvalue weighted by Crippen LogP contribution is 2.13. The number of nitrogens with two attached hydrogens (primary N) is 1. The number of H-pyrrole nitrogens is 1. The summed E-state index contributed by atoms with van der Waals surface area (Å²) in [4.78, 5) is 20.7. The minimum atomic E-state index is -0.191. The van der Waals surface area contributed by atoms with Gasteiger partial charge in [0.05, 0.1) is 6.20 Å². The van der Waals surface area contributed by atoms with Gasteiger partial charge in [0, 0.05) is 19.1 Å². The van der Waals surface area contributed by atoms with Crippen LogP contribution in [0.15, 0.2) is 11.0 Å². The summed E-state index contributed by atoms with van der Waals surface area (Å²) < 4.78 is 0. The summed E-state index contributed by atoms with van der Waals surface area (Å²) in [5.41, 5.74) is 6.10. The number of hydrogen-bond acceptors (Lipinski definition) is 4. The van der Waals surface area contributed by atoms with Gasteiger partial charge in [0.15, 0.2) is 0 Å². The van der Waals surface area contributed by atoms with Gasteiger partial charge in [-0.05, 0) is 19.8 Å². The van der Waals surface area contributed by atoms with Crippen LogP contribution < -0.4 is 16.2 Å². The van der Waals surface area contributed by atoms with Crippen LogP contribution in [0.1, 0.15) is 25.3 Å². The summed E-state index contributed by atoms with van der Waals surface area (Å²) in [6, 6.07) is 0.157. The Bertz CT molecular complexity index is 511. The van der Waals surface area contributed by atoms with Gasteiger partial charge in [-0.15, -0.1) is 5.92 Å². The number of hydrogen-bond donors (Lipinski definition) is 2. The lowest BCUT2D eigenvalue weighted by atomic mass is 10.1. The third-order valence-electron chi connectivity index (χ3n) is 2.80. The molecule has 0 radical (unpaired) electrons. The molecule has 0 amide bonds. The van der Waals surface area contributed by atoms with E-state index in [0.717, 1.165) is 25.9 Å². The van der Waals surface area contributed by atoms with Crippen molar-refractivity contribution in [2.24, 2.45) is 5.73 Å². The van der Waals surface area contributed by atoms with Gasteiger partial charge in [-0.25, -0.2) is 4.98 Å². The van der Waals surface area contributed by atoms with E-state index >= 15 is 0 Å². The van der Waals surface area contributed by atoms with Crippen molar-refractivity contribution < 1.29 is 0 Å². The second-order valence-corrected chi connectivity index (χ2v) is 4.17. The van der Waals surface area contributed by atoms with E-state index < -0.39 is 0 Å². The summed E-state index contributed by atoms with van der Waals surface area (Å²) in [5, 5.41) is 0. The average molecular weight is 232 g/mol. The first-order valence-corrected chi connectivity index (χ1v) is 5.73. The van der Waals surface area contributed by atoms with Gasteiger partial charge in [-0.2, -0.15) is 0 Å². The minimum Gasteiger partial charge on any atom is -0.341 e. The predicted molar refractivity (Wildman–Crippen MR) is 66.8 cm³/mol. The molecule has 0 unspecified atom stereocenters. The largest absolute Gasteiger partial charge is 0.341 e. The van der Waals surface area contributed by atoms with Crippen molar-refractivity contribution in [1.82, 2.24) is 9.97 Å². The molecule has 5 heteroatoms. The topological polar surface area (TPSA) is 75.0 Å². The van der Waals surface area contributed by atoms with Crippen LogP contribution in [-0.4, -0.2) is 29.1 Å². The Kier molecular flexibility index (Phi) is 3.45. The zero-order chi connectivity index (χ0) is 12.3. The molecule has 0 aromatic carbocycles.